The highest BCUT2D eigenvalue weighted by Gasteiger charge is 2.16. The van der Waals surface area contributed by atoms with Crippen LogP contribution >= 0.6 is 11.3 Å². The highest BCUT2D eigenvalue weighted by atomic mass is 32.1. The van der Waals surface area contributed by atoms with Crippen molar-refractivity contribution in [3.8, 4) is 0 Å². The van der Waals surface area contributed by atoms with Crippen LogP contribution in [0.15, 0.2) is 0 Å². The molecule has 1 aromatic heterocycles. The van der Waals surface area contributed by atoms with Crippen LogP contribution in [-0.2, 0) is 13.0 Å². The first-order valence-corrected chi connectivity index (χ1v) is 7.38. The summed E-state index contributed by atoms with van der Waals surface area (Å²) >= 11 is 1.79. The van der Waals surface area contributed by atoms with E-state index in [4.69, 9.17) is 5.73 Å². The Bertz CT molecular complexity index is 362. The van der Waals surface area contributed by atoms with Crippen molar-refractivity contribution in [2.24, 2.45) is 11.7 Å². The number of nitrogens with two attached hydrogens (primary N) is 1. The summed E-state index contributed by atoms with van der Waals surface area (Å²) in [5.74, 6) is 0.862. The minimum atomic E-state index is 0.629. The van der Waals surface area contributed by atoms with Gasteiger partial charge in [0.25, 0.3) is 0 Å². The largest absolute Gasteiger partial charge is 0.326 e. The summed E-state index contributed by atoms with van der Waals surface area (Å²) in [4.78, 5) is 8.42. The molecular formula is C13H23N3S. The fourth-order valence-corrected chi connectivity index (χ4v) is 3.47. The van der Waals surface area contributed by atoms with E-state index in [0.717, 1.165) is 24.6 Å². The van der Waals surface area contributed by atoms with Crippen LogP contribution in [0.25, 0.3) is 0 Å². The summed E-state index contributed by atoms with van der Waals surface area (Å²) in [5.41, 5.74) is 6.81. The van der Waals surface area contributed by atoms with Gasteiger partial charge in [-0.2, -0.15) is 0 Å². The van der Waals surface area contributed by atoms with Gasteiger partial charge in [-0.05, 0) is 32.2 Å². The zero-order valence-corrected chi connectivity index (χ0v) is 11.7. The Morgan fingerprint density at radius 2 is 2.35 bits per heavy atom. The van der Waals surface area contributed by atoms with Gasteiger partial charge in [-0.3, -0.25) is 0 Å². The molecule has 3 nitrogen and oxygen atoms in total. The maximum atomic E-state index is 5.68. The third-order valence-electron chi connectivity index (χ3n) is 3.51. The van der Waals surface area contributed by atoms with Gasteiger partial charge in [-0.15, -0.1) is 11.3 Å². The molecule has 2 heterocycles. The van der Waals surface area contributed by atoms with Gasteiger partial charge >= 0.3 is 0 Å². The number of thiazole rings is 1. The van der Waals surface area contributed by atoms with E-state index in [0.29, 0.717) is 6.54 Å². The van der Waals surface area contributed by atoms with E-state index >= 15 is 0 Å². The minimum absolute atomic E-state index is 0.629. The van der Waals surface area contributed by atoms with Crippen molar-refractivity contribution in [3.63, 3.8) is 0 Å². The second kappa shape index (κ2) is 5.94. The van der Waals surface area contributed by atoms with Gasteiger partial charge in [0, 0.05) is 30.9 Å². The number of hydrogen-bond donors (Lipinski definition) is 1. The normalized spacial score (nSPS) is 21.9. The van der Waals surface area contributed by atoms with Gasteiger partial charge in [0.15, 0.2) is 0 Å². The number of likely N-dealkylation sites (tertiary alicyclic amines) is 1. The van der Waals surface area contributed by atoms with Crippen molar-refractivity contribution >= 4 is 11.3 Å². The summed E-state index contributed by atoms with van der Waals surface area (Å²) in [6.45, 7) is 8.72. The van der Waals surface area contributed by atoms with E-state index in [1.54, 1.807) is 11.3 Å². The van der Waals surface area contributed by atoms with Gasteiger partial charge in [0.1, 0.15) is 0 Å². The van der Waals surface area contributed by atoms with Crippen molar-refractivity contribution in [1.29, 1.82) is 0 Å². The van der Waals surface area contributed by atoms with Crippen molar-refractivity contribution in [2.75, 3.05) is 19.6 Å². The Morgan fingerprint density at radius 3 is 3.00 bits per heavy atom. The molecule has 2 rings (SSSR count). The van der Waals surface area contributed by atoms with E-state index in [2.05, 4.69) is 23.7 Å². The SMILES string of the molecule is Cc1nc(CCN2CCCC(C)C2)sc1CN. The maximum absolute atomic E-state index is 5.68. The predicted octanol–water partition coefficient (Wildman–Crippen LogP) is 2.18. The van der Waals surface area contributed by atoms with E-state index in [-0.39, 0.29) is 0 Å². The average molecular weight is 253 g/mol. The van der Waals surface area contributed by atoms with Gasteiger partial charge < -0.3 is 10.6 Å². The fourth-order valence-electron chi connectivity index (χ4n) is 2.53. The summed E-state index contributed by atoms with van der Waals surface area (Å²) in [5, 5.41) is 1.25. The molecule has 0 spiro atoms. The molecule has 0 saturated carbocycles. The van der Waals surface area contributed by atoms with Crippen LogP contribution in [0.4, 0.5) is 0 Å². The number of aryl methyl sites for hydroxylation is 1. The summed E-state index contributed by atoms with van der Waals surface area (Å²) < 4.78 is 0. The average Bonchev–Trinajstić information content (AvgIpc) is 2.67. The first kappa shape index (κ1) is 13.0. The van der Waals surface area contributed by atoms with E-state index in [1.807, 2.05) is 0 Å². The summed E-state index contributed by atoms with van der Waals surface area (Å²) in [6, 6.07) is 0. The molecule has 0 aromatic carbocycles. The monoisotopic (exact) mass is 253 g/mol. The smallest absolute Gasteiger partial charge is 0.0944 e. The molecule has 0 bridgehead atoms. The molecule has 1 aliphatic rings. The molecular weight excluding hydrogens is 230 g/mol. The summed E-state index contributed by atoms with van der Waals surface area (Å²) in [6.07, 6.45) is 3.83. The topological polar surface area (TPSA) is 42.2 Å². The van der Waals surface area contributed by atoms with E-state index < -0.39 is 0 Å². The Morgan fingerprint density at radius 1 is 1.53 bits per heavy atom. The third-order valence-corrected chi connectivity index (χ3v) is 4.74. The van der Waals surface area contributed by atoms with Gasteiger partial charge in [-0.1, -0.05) is 6.92 Å². The molecule has 1 atom stereocenters. The first-order valence-electron chi connectivity index (χ1n) is 6.56. The number of nitrogens with zero attached hydrogens (tertiary/aromatic N) is 2. The molecule has 4 heteroatoms. The third kappa shape index (κ3) is 3.50. The molecule has 1 fully saturated rings. The molecule has 96 valence electrons. The highest BCUT2D eigenvalue weighted by Crippen LogP contribution is 2.19. The fraction of sp³-hybridized carbons (Fsp3) is 0.769. The predicted molar refractivity (Wildman–Crippen MR) is 73.3 cm³/mol. The molecule has 17 heavy (non-hydrogen) atoms. The highest BCUT2D eigenvalue weighted by molar-refractivity contribution is 7.11. The first-order chi connectivity index (χ1) is 8.19. The lowest BCUT2D eigenvalue weighted by atomic mass is 10.0. The Labute approximate surface area is 108 Å². The van der Waals surface area contributed by atoms with Crippen molar-refractivity contribution in [2.45, 2.75) is 39.7 Å². The van der Waals surface area contributed by atoms with E-state index in [1.165, 1.54) is 35.8 Å². The van der Waals surface area contributed by atoms with Gasteiger partial charge in [0.05, 0.1) is 10.7 Å². The molecule has 0 radical (unpaired) electrons. The number of piperidine rings is 1. The Balaban J connectivity index is 1.84. The minimum Gasteiger partial charge on any atom is -0.326 e. The van der Waals surface area contributed by atoms with Gasteiger partial charge in [-0.25, -0.2) is 4.98 Å². The molecule has 0 aliphatic carbocycles. The lowest BCUT2D eigenvalue weighted by molar-refractivity contribution is 0.186. The lowest BCUT2D eigenvalue weighted by Gasteiger charge is -2.30. The van der Waals surface area contributed by atoms with Crippen LogP contribution in [0.5, 0.6) is 0 Å². The zero-order chi connectivity index (χ0) is 12.3. The Kier molecular flexibility index (Phi) is 4.54. The van der Waals surface area contributed by atoms with Crippen molar-refractivity contribution in [3.05, 3.63) is 15.6 Å². The van der Waals surface area contributed by atoms with E-state index in [9.17, 15) is 0 Å². The maximum Gasteiger partial charge on any atom is 0.0944 e. The molecule has 1 aromatic rings. The molecule has 2 N–H and O–H groups in total. The van der Waals surface area contributed by atoms with Gasteiger partial charge in [0.2, 0.25) is 0 Å². The summed E-state index contributed by atoms with van der Waals surface area (Å²) in [7, 11) is 0. The Hall–Kier alpha value is -0.450. The van der Waals surface area contributed by atoms with Crippen LogP contribution in [0.1, 0.15) is 35.3 Å². The lowest BCUT2D eigenvalue weighted by Crippen LogP contribution is -2.35. The quantitative estimate of drug-likeness (QED) is 0.894. The standard InChI is InChI=1S/C13H23N3S/c1-10-4-3-6-16(9-10)7-5-13-15-11(2)12(8-14)17-13/h10H,3-9,14H2,1-2H3. The second-order valence-corrected chi connectivity index (χ2v) is 6.29. The van der Waals surface area contributed by atoms with Crippen LogP contribution in [-0.4, -0.2) is 29.5 Å². The van der Waals surface area contributed by atoms with Crippen LogP contribution in [0.3, 0.4) is 0 Å². The molecule has 1 saturated heterocycles. The van der Waals surface area contributed by atoms with Crippen molar-refractivity contribution in [1.82, 2.24) is 9.88 Å². The van der Waals surface area contributed by atoms with Crippen molar-refractivity contribution < 1.29 is 0 Å². The molecule has 1 aliphatic heterocycles. The number of aromatic nitrogens is 1. The molecule has 1 unspecified atom stereocenters. The zero-order valence-electron chi connectivity index (χ0n) is 10.9. The number of rotatable bonds is 4. The number of hydrogen-bond acceptors (Lipinski definition) is 4. The molecule has 0 amide bonds. The van der Waals surface area contributed by atoms with Crippen LogP contribution < -0.4 is 5.73 Å². The van der Waals surface area contributed by atoms with Crippen LogP contribution in [0.2, 0.25) is 0 Å². The van der Waals surface area contributed by atoms with Crippen LogP contribution in [0, 0.1) is 12.8 Å². The second-order valence-electron chi connectivity index (χ2n) is 5.12.